The summed E-state index contributed by atoms with van der Waals surface area (Å²) in [7, 11) is 0. The van der Waals surface area contributed by atoms with E-state index in [2.05, 4.69) is 0 Å². The molecular weight excluding hydrogens is 224 g/mol. The van der Waals surface area contributed by atoms with Gasteiger partial charge in [0.15, 0.2) is 0 Å². The van der Waals surface area contributed by atoms with E-state index in [4.69, 9.17) is 5.11 Å². The van der Waals surface area contributed by atoms with Crippen LogP contribution in [0.2, 0.25) is 0 Å². The van der Waals surface area contributed by atoms with Crippen molar-refractivity contribution in [2.75, 3.05) is 0 Å². The van der Waals surface area contributed by atoms with Crippen LogP contribution in [0, 0.1) is 0 Å². The SMILES string of the molecule is O=C(O)c1ccc2c(c1)C(=O)c1sccc1-2. The van der Waals surface area contributed by atoms with E-state index in [0.717, 1.165) is 11.1 Å². The second-order valence-corrected chi connectivity index (χ2v) is 4.47. The van der Waals surface area contributed by atoms with Crippen LogP contribution in [0.1, 0.15) is 25.6 Å². The molecule has 2 aromatic rings. The highest BCUT2D eigenvalue weighted by Crippen LogP contribution is 2.39. The van der Waals surface area contributed by atoms with Crippen molar-refractivity contribution in [3.8, 4) is 11.1 Å². The van der Waals surface area contributed by atoms with Crippen LogP contribution < -0.4 is 0 Å². The fourth-order valence-electron chi connectivity index (χ4n) is 1.92. The molecule has 0 aliphatic heterocycles. The van der Waals surface area contributed by atoms with Gasteiger partial charge in [0.05, 0.1) is 10.4 Å². The zero-order valence-corrected chi connectivity index (χ0v) is 8.88. The summed E-state index contributed by atoms with van der Waals surface area (Å²) in [6, 6.07) is 6.58. The first-order valence-electron chi connectivity index (χ1n) is 4.68. The topological polar surface area (TPSA) is 54.4 Å². The van der Waals surface area contributed by atoms with Crippen molar-refractivity contribution in [2.45, 2.75) is 0 Å². The van der Waals surface area contributed by atoms with Gasteiger partial charge >= 0.3 is 5.97 Å². The minimum absolute atomic E-state index is 0.0666. The number of carboxylic acid groups (broad SMARTS) is 1. The minimum atomic E-state index is -1.01. The molecular formula is C12H6O3S. The zero-order chi connectivity index (χ0) is 11.3. The van der Waals surface area contributed by atoms with Gasteiger partial charge in [-0.25, -0.2) is 4.79 Å². The van der Waals surface area contributed by atoms with Crippen LogP contribution in [0.25, 0.3) is 11.1 Å². The van der Waals surface area contributed by atoms with Crippen molar-refractivity contribution < 1.29 is 14.7 Å². The average Bonchev–Trinajstić information content (AvgIpc) is 2.83. The Morgan fingerprint density at radius 1 is 1.12 bits per heavy atom. The van der Waals surface area contributed by atoms with Crippen LogP contribution in [0.15, 0.2) is 29.6 Å². The molecule has 0 spiro atoms. The molecule has 0 fully saturated rings. The Labute approximate surface area is 95.0 Å². The second kappa shape index (κ2) is 3.02. The lowest BCUT2D eigenvalue weighted by atomic mass is 10.0. The van der Waals surface area contributed by atoms with E-state index in [1.165, 1.54) is 23.5 Å². The number of hydrogen-bond donors (Lipinski definition) is 1. The summed E-state index contributed by atoms with van der Waals surface area (Å²) < 4.78 is 0. The van der Waals surface area contributed by atoms with Crippen LogP contribution >= 0.6 is 11.3 Å². The van der Waals surface area contributed by atoms with Crippen molar-refractivity contribution in [3.05, 3.63) is 45.6 Å². The lowest BCUT2D eigenvalue weighted by Gasteiger charge is -1.99. The van der Waals surface area contributed by atoms with Crippen molar-refractivity contribution >= 4 is 23.1 Å². The fourth-order valence-corrected chi connectivity index (χ4v) is 2.78. The number of benzene rings is 1. The molecule has 0 unspecified atom stereocenters. The predicted octanol–water partition coefficient (Wildman–Crippen LogP) is 2.66. The number of hydrogen-bond acceptors (Lipinski definition) is 3. The first-order chi connectivity index (χ1) is 7.68. The maximum absolute atomic E-state index is 11.9. The van der Waals surface area contributed by atoms with Crippen LogP contribution in [0.5, 0.6) is 0 Å². The molecule has 0 radical (unpaired) electrons. The lowest BCUT2D eigenvalue weighted by molar-refractivity contribution is 0.0697. The van der Waals surface area contributed by atoms with E-state index in [-0.39, 0.29) is 11.3 Å². The summed E-state index contributed by atoms with van der Waals surface area (Å²) in [5, 5.41) is 10.7. The van der Waals surface area contributed by atoms with Gasteiger partial charge in [-0.05, 0) is 29.1 Å². The van der Waals surface area contributed by atoms with Gasteiger partial charge in [0.1, 0.15) is 0 Å². The summed E-state index contributed by atoms with van der Waals surface area (Å²) in [4.78, 5) is 23.5. The molecule has 1 aromatic heterocycles. The molecule has 3 nitrogen and oxygen atoms in total. The molecule has 1 heterocycles. The van der Waals surface area contributed by atoms with E-state index in [1.54, 1.807) is 6.07 Å². The molecule has 0 atom stereocenters. The third-order valence-corrected chi connectivity index (χ3v) is 3.59. The predicted molar refractivity (Wildman–Crippen MR) is 60.1 cm³/mol. The van der Waals surface area contributed by atoms with Crippen molar-refractivity contribution in [1.29, 1.82) is 0 Å². The molecule has 1 aliphatic carbocycles. The Balaban J connectivity index is 2.27. The van der Waals surface area contributed by atoms with Crippen LogP contribution in [0.3, 0.4) is 0 Å². The van der Waals surface area contributed by atoms with Gasteiger partial charge in [-0.2, -0.15) is 0 Å². The van der Waals surface area contributed by atoms with Crippen molar-refractivity contribution in [1.82, 2.24) is 0 Å². The van der Waals surface area contributed by atoms with Crippen LogP contribution in [-0.4, -0.2) is 16.9 Å². The number of thiophene rings is 1. The Morgan fingerprint density at radius 3 is 2.69 bits per heavy atom. The van der Waals surface area contributed by atoms with Gasteiger partial charge in [-0.1, -0.05) is 6.07 Å². The summed E-state index contributed by atoms with van der Waals surface area (Å²) >= 11 is 1.39. The third-order valence-electron chi connectivity index (χ3n) is 2.67. The molecule has 1 aliphatic rings. The Kier molecular flexibility index (Phi) is 1.76. The monoisotopic (exact) mass is 230 g/mol. The fraction of sp³-hybridized carbons (Fsp3) is 0. The van der Waals surface area contributed by atoms with Gasteiger partial charge in [0.25, 0.3) is 0 Å². The average molecular weight is 230 g/mol. The van der Waals surface area contributed by atoms with Gasteiger partial charge in [-0.3, -0.25) is 4.79 Å². The number of fused-ring (bicyclic) bond motifs is 3. The molecule has 0 saturated heterocycles. The number of carbonyl (C=O) groups excluding carboxylic acids is 1. The second-order valence-electron chi connectivity index (χ2n) is 3.56. The molecule has 78 valence electrons. The number of carbonyl (C=O) groups is 2. The molecule has 0 bridgehead atoms. The first-order valence-corrected chi connectivity index (χ1v) is 5.56. The zero-order valence-electron chi connectivity index (χ0n) is 8.06. The maximum atomic E-state index is 11.9. The van der Waals surface area contributed by atoms with Crippen molar-refractivity contribution in [2.24, 2.45) is 0 Å². The first kappa shape index (κ1) is 9.30. The third kappa shape index (κ3) is 1.07. The highest BCUT2D eigenvalue weighted by molar-refractivity contribution is 7.13. The molecule has 0 amide bonds. The summed E-state index contributed by atoms with van der Waals surface area (Å²) in [6.07, 6.45) is 0. The normalized spacial score (nSPS) is 12.4. The van der Waals surface area contributed by atoms with E-state index < -0.39 is 5.97 Å². The number of rotatable bonds is 1. The molecule has 1 aromatic carbocycles. The number of aromatic carboxylic acids is 1. The van der Waals surface area contributed by atoms with Crippen molar-refractivity contribution in [3.63, 3.8) is 0 Å². The summed E-state index contributed by atoms with van der Waals surface area (Å²) in [5.74, 6) is -1.08. The highest BCUT2D eigenvalue weighted by Gasteiger charge is 2.28. The molecule has 0 saturated carbocycles. The van der Waals surface area contributed by atoms with E-state index in [9.17, 15) is 9.59 Å². The Morgan fingerprint density at radius 2 is 1.94 bits per heavy atom. The Bertz CT molecular complexity index is 625. The van der Waals surface area contributed by atoms with E-state index in [1.807, 2.05) is 11.4 Å². The maximum Gasteiger partial charge on any atom is 0.335 e. The smallest absolute Gasteiger partial charge is 0.335 e. The lowest BCUT2D eigenvalue weighted by Crippen LogP contribution is -2.00. The standard InChI is InChI=1S/C12H6O3S/c13-10-9-5-6(12(14)15)1-2-7(9)8-3-4-16-11(8)10/h1-5H,(H,14,15). The van der Waals surface area contributed by atoms with Crippen LogP contribution in [-0.2, 0) is 0 Å². The summed E-state index contributed by atoms with van der Waals surface area (Å²) in [5.41, 5.74) is 2.41. The Hall–Kier alpha value is -1.94. The van der Waals surface area contributed by atoms with E-state index in [0.29, 0.717) is 10.4 Å². The molecule has 4 heteroatoms. The van der Waals surface area contributed by atoms with Gasteiger partial charge in [0.2, 0.25) is 5.78 Å². The van der Waals surface area contributed by atoms with E-state index >= 15 is 0 Å². The quantitative estimate of drug-likeness (QED) is 0.699. The van der Waals surface area contributed by atoms with Gasteiger partial charge in [-0.15, -0.1) is 11.3 Å². The highest BCUT2D eigenvalue weighted by atomic mass is 32.1. The number of ketones is 1. The molecule has 3 rings (SSSR count). The largest absolute Gasteiger partial charge is 0.478 e. The van der Waals surface area contributed by atoms with Gasteiger partial charge < -0.3 is 5.11 Å². The minimum Gasteiger partial charge on any atom is -0.478 e. The molecule has 16 heavy (non-hydrogen) atoms. The van der Waals surface area contributed by atoms with Crippen LogP contribution in [0.4, 0.5) is 0 Å². The molecule has 1 N–H and O–H groups in total. The number of carboxylic acids is 1. The summed E-state index contributed by atoms with van der Waals surface area (Å²) in [6.45, 7) is 0. The van der Waals surface area contributed by atoms with Gasteiger partial charge in [0, 0.05) is 11.1 Å².